The number of hydrogen-bond acceptors (Lipinski definition) is 2. The summed E-state index contributed by atoms with van der Waals surface area (Å²) in [6.45, 7) is 1.55. The predicted octanol–water partition coefficient (Wildman–Crippen LogP) is 4.31. The molecule has 0 aliphatic rings. The van der Waals surface area contributed by atoms with E-state index < -0.39 is 0 Å². The lowest BCUT2D eigenvalue weighted by atomic mass is 10.2. The Hall–Kier alpha value is -1.96. The highest BCUT2D eigenvalue weighted by molar-refractivity contribution is 5.21. The molecule has 0 saturated carbocycles. The first-order valence-electron chi connectivity index (χ1n) is 6.81. The van der Waals surface area contributed by atoms with Crippen LogP contribution < -0.4 is 9.47 Å². The molecule has 0 spiro atoms. The van der Waals surface area contributed by atoms with Gasteiger partial charge in [-0.3, -0.25) is 0 Å². The molecule has 0 heterocycles. The van der Waals surface area contributed by atoms with Gasteiger partial charge >= 0.3 is 0 Å². The van der Waals surface area contributed by atoms with Crippen LogP contribution in [-0.2, 0) is 0 Å². The largest absolute Gasteiger partial charge is 0.494 e. The maximum atomic E-state index is 5.63. The maximum absolute atomic E-state index is 5.63. The predicted molar refractivity (Wildman–Crippen MR) is 77.7 cm³/mol. The Morgan fingerprint density at radius 3 is 1.37 bits per heavy atom. The Morgan fingerprint density at radius 1 is 0.526 bits per heavy atom. The van der Waals surface area contributed by atoms with Gasteiger partial charge in [0.15, 0.2) is 0 Å². The lowest BCUT2D eigenvalue weighted by molar-refractivity contribution is 0.279. The van der Waals surface area contributed by atoms with Crippen LogP contribution in [-0.4, -0.2) is 13.2 Å². The lowest BCUT2D eigenvalue weighted by Gasteiger charge is -2.07. The number of hydrogen-bond donors (Lipinski definition) is 0. The van der Waals surface area contributed by atoms with Crippen molar-refractivity contribution in [2.45, 2.75) is 19.3 Å². The number of rotatable bonds is 8. The van der Waals surface area contributed by atoms with Gasteiger partial charge in [-0.2, -0.15) is 0 Å². The van der Waals surface area contributed by atoms with Gasteiger partial charge in [0.1, 0.15) is 11.5 Å². The van der Waals surface area contributed by atoms with Crippen molar-refractivity contribution in [2.24, 2.45) is 0 Å². The Balaban J connectivity index is 1.49. The Kier molecular flexibility index (Phi) is 5.81. The highest BCUT2D eigenvalue weighted by atomic mass is 16.5. The fraction of sp³-hybridized carbons (Fsp3) is 0.294. The molecule has 2 rings (SSSR count). The van der Waals surface area contributed by atoms with Gasteiger partial charge in [-0.15, -0.1) is 0 Å². The van der Waals surface area contributed by atoms with E-state index in [0.717, 1.165) is 44.0 Å². The van der Waals surface area contributed by atoms with Gasteiger partial charge in [0.2, 0.25) is 0 Å². The zero-order valence-corrected chi connectivity index (χ0v) is 11.1. The van der Waals surface area contributed by atoms with Crippen LogP contribution in [0.4, 0.5) is 0 Å². The summed E-state index contributed by atoms with van der Waals surface area (Å²) < 4.78 is 11.3. The van der Waals surface area contributed by atoms with Crippen LogP contribution in [0.2, 0.25) is 0 Å². The molecule has 19 heavy (non-hydrogen) atoms. The lowest BCUT2D eigenvalue weighted by Crippen LogP contribution is -2.00. The van der Waals surface area contributed by atoms with E-state index in [1.807, 2.05) is 60.7 Å². The number of ether oxygens (including phenoxy) is 2. The summed E-state index contributed by atoms with van der Waals surface area (Å²) in [5.41, 5.74) is 0. The fourth-order valence-corrected chi connectivity index (χ4v) is 1.79. The molecule has 0 atom stereocenters. The van der Waals surface area contributed by atoms with Crippen LogP contribution in [0, 0.1) is 0 Å². The van der Waals surface area contributed by atoms with Crippen molar-refractivity contribution in [3.8, 4) is 11.5 Å². The molecule has 0 N–H and O–H groups in total. The molecule has 0 unspecified atom stereocenters. The van der Waals surface area contributed by atoms with E-state index in [1.165, 1.54) is 0 Å². The minimum Gasteiger partial charge on any atom is -0.494 e. The summed E-state index contributed by atoms with van der Waals surface area (Å²) in [6, 6.07) is 19.9. The van der Waals surface area contributed by atoms with Crippen molar-refractivity contribution in [1.29, 1.82) is 0 Å². The zero-order valence-electron chi connectivity index (χ0n) is 11.1. The third-order valence-electron chi connectivity index (χ3n) is 2.81. The van der Waals surface area contributed by atoms with E-state index in [9.17, 15) is 0 Å². The van der Waals surface area contributed by atoms with Gasteiger partial charge in [0.25, 0.3) is 0 Å². The first-order chi connectivity index (χ1) is 9.45. The molecule has 0 aliphatic heterocycles. The Morgan fingerprint density at radius 2 is 0.947 bits per heavy atom. The highest BCUT2D eigenvalue weighted by Gasteiger charge is 1.94. The molecule has 0 saturated heterocycles. The molecule has 0 bridgehead atoms. The molecule has 0 radical (unpaired) electrons. The average molecular weight is 256 g/mol. The summed E-state index contributed by atoms with van der Waals surface area (Å²) in [4.78, 5) is 0. The monoisotopic (exact) mass is 256 g/mol. The van der Waals surface area contributed by atoms with Gasteiger partial charge in [-0.25, -0.2) is 0 Å². The first-order valence-corrected chi connectivity index (χ1v) is 6.81. The minimum absolute atomic E-state index is 0.773. The second-order valence-electron chi connectivity index (χ2n) is 4.38. The summed E-state index contributed by atoms with van der Waals surface area (Å²) in [5.74, 6) is 1.89. The molecule has 2 nitrogen and oxygen atoms in total. The maximum Gasteiger partial charge on any atom is 0.119 e. The summed E-state index contributed by atoms with van der Waals surface area (Å²) in [6.07, 6.45) is 3.25. The van der Waals surface area contributed by atoms with Crippen molar-refractivity contribution in [2.75, 3.05) is 13.2 Å². The van der Waals surface area contributed by atoms with E-state index >= 15 is 0 Å². The number of benzene rings is 2. The van der Waals surface area contributed by atoms with E-state index in [-0.39, 0.29) is 0 Å². The van der Waals surface area contributed by atoms with Crippen LogP contribution in [0.25, 0.3) is 0 Å². The number of para-hydroxylation sites is 2. The topological polar surface area (TPSA) is 18.5 Å². The van der Waals surface area contributed by atoms with E-state index in [2.05, 4.69) is 0 Å². The van der Waals surface area contributed by atoms with Crippen LogP contribution in [0.15, 0.2) is 60.7 Å². The highest BCUT2D eigenvalue weighted by Crippen LogP contribution is 2.11. The number of unbranched alkanes of at least 4 members (excludes halogenated alkanes) is 2. The smallest absolute Gasteiger partial charge is 0.119 e. The van der Waals surface area contributed by atoms with Crippen molar-refractivity contribution in [1.82, 2.24) is 0 Å². The standard InChI is InChI=1S/C17H20O2/c1-4-10-16(11-5-1)18-14-8-3-9-15-19-17-12-6-2-7-13-17/h1-2,4-7,10-13H,3,8-9,14-15H2. The van der Waals surface area contributed by atoms with E-state index in [4.69, 9.17) is 9.47 Å². The van der Waals surface area contributed by atoms with Crippen molar-refractivity contribution in [3.05, 3.63) is 60.7 Å². The summed E-state index contributed by atoms with van der Waals surface area (Å²) in [5, 5.41) is 0. The Labute approximate surface area is 115 Å². The van der Waals surface area contributed by atoms with Crippen molar-refractivity contribution < 1.29 is 9.47 Å². The normalized spacial score (nSPS) is 10.1. The van der Waals surface area contributed by atoms with Crippen LogP contribution in [0.1, 0.15) is 19.3 Å². The third kappa shape index (κ3) is 5.47. The van der Waals surface area contributed by atoms with E-state index in [0.29, 0.717) is 0 Å². The molecular weight excluding hydrogens is 236 g/mol. The van der Waals surface area contributed by atoms with Gasteiger partial charge < -0.3 is 9.47 Å². The SMILES string of the molecule is c1ccc(OCCCCCOc2ccccc2)cc1. The first kappa shape index (κ1) is 13.5. The third-order valence-corrected chi connectivity index (χ3v) is 2.81. The van der Waals surface area contributed by atoms with Gasteiger partial charge in [0, 0.05) is 0 Å². The zero-order chi connectivity index (χ0) is 13.2. The van der Waals surface area contributed by atoms with Crippen molar-refractivity contribution in [3.63, 3.8) is 0 Å². The van der Waals surface area contributed by atoms with Crippen molar-refractivity contribution >= 4 is 0 Å². The molecule has 0 aromatic heterocycles. The molecule has 0 aliphatic carbocycles. The molecule has 2 aromatic rings. The summed E-state index contributed by atoms with van der Waals surface area (Å²) in [7, 11) is 0. The molecular formula is C17H20O2. The fourth-order valence-electron chi connectivity index (χ4n) is 1.79. The molecule has 100 valence electrons. The van der Waals surface area contributed by atoms with E-state index in [1.54, 1.807) is 0 Å². The summed E-state index contributed by atoms with van der Waals surface area (Å²) >= 11 is 0. The van der Waals surface area contributed by atoms with Gasteiger partial charge in [-0.05, 0) is 43.5 Å². The molecule has 0 fully saturated rings. The molecule has 2 heteroatoms. The molecule has 2 aromatic carbocycles. The quantitative estimate of drug-likeness (QED) is 0.655. The van der Waals surface area contributed by atoms with Crippen LogP contribution in [0.5, 0.6) is 11.5 Å². The minimum atomic E-state index is 0.773. The van der Waals surface area contributed by atoms with Gasteiger partial charge in [-0.1, -0.05) is 36.4 Å². The van der Waals surface area contributed by atoms with Gasteiger partial charge in [0.05, 0.1) is 13.2 Å². The van der Waals surface area contributed by atoms with Crippen LogP contribution >= 0.6 is 0 Å². The van der Waals surface area contributed by atoms with Crippen LogP contribution in [0.3, 0.4) is 0 Å². The second kappa shape index (κ2) is 8.20. The second-order valence-corrected chi connectivity index (χ2v) is 4.38. The average Bonchev–Trinajstić information content (AvgIpc) is 2.48. The molecule has 0 amide bonds. The Bertz CT molecular complexity index is 396.